The molecule has 0 fully saturated rings. The van der Waals surface area contributed by atoms with E-state index in [0.717, 1.165) is 0 Å². The third-order valence-electron chi connectivity index (χ3n) is 2.26. The first-order valence-corrected chi connectivity index (χ1v) is 4.36. The molecule has 0 radical (unpaired) electrons. The van der Waals surface area contributed by atoms with Gasteiger partial charge >= 0.3 is 0 Å². The Morgan fingerprint density at radius 2 is 2.20 bits per heavy atom. The van der Waals surface area contributed by atoms with Crippen molar-refractivity contribution >= 4 is 22.4 Å². The van der Waals surface area contributed by atoms with Gasteiger partial charge < -0.3 is 4.98 Å². The lowest BCUT2D eigenvalue weighted by atomic mass is 10.1. The molecule has 0 spiro atoms. The first-order valence-electron chi connectivity index (χ1n) is 4.36. The van der Waals surface area contributed by atoms with Crippen molar-refractivity contribution in [3.05, 3.63) is 40.1 Å². The molecule has 1 heterocycles. The van der Waals surface area contributed by atoms with E-state index in [1.54, 1.807) is 18.2 Å². The molecule has 1 aromatic heterocycles. The van der Waals surface area contributed by atoms with Crippen molar-refractivity contribution in [3.63, 3.8) is 0 Å². The summed E-state index contributed by atoms with van der Waals surface area (Å²) in [5, 5.41) is 11.1. The van der Waals surface area contributed by atoms with Gasteiger partial charge in [-0.25, -0.2) is 0 Å². The molecule has 0 aliphatic rings. The van der Waals surface area contributed by atoms with Crippen molar-refractivity contribution < 1.29 is 9.72 Å². The SMILES string of the molecule is CC(=O)c1ccc2c([N+](=O)[O-])c[nH]c2c1. The molecule has 0 aliphatic heterocycles. The third-order valence-corrected chi connectivity index (χ3v) is 2.26. The number of H-pyrrole nitrogens is 1. The summed E-state index contributed by atoms with van der Waals surface area (Å²) >= 11 is 0. The number of carbonyl (C=O) groups is 1. The molecule has 0 aliphatic carbocycles. The summed E-state index contributed by atoms with van der Waals surface area (Å²) in [5.74, 6) is -0.0610. The first kappa shape index (κ1) is 9.39. The molecular weight excluding hydrogens is 196 g/mol. The number of benzene rings is 1. The van der Waals surface area contributed by atoms with Crippen LogP contribution < -0.4 is 0 Å². The van der Waals surface area contributed by atoms with Crippen molar-refractivity contribution in [1.29, 1.82) is 0 Å². The van der Waals surface area contributed by atoms with Gasteiger partial charge in [-0.15, -0.1) is 0 Å². The molecule has 0 unspecified atom stereocenters. The highest BCUT2D eigenvalue weighted by molar-refractivity contribution is 5.99. The van der Waals surface area contributed by atoms with Crippen molar-refractivity contribution in [2.75, 3.05) is 0 Å². The van der Waals surface area contributed by atoms with Gasteiger partial charge in [-0.1, -0.05) is 6.07 Å². The molecule has 1 N–H and O–H groups in total. The zero-order valence-electron chi connectivity index (χ0n) is 7.98. The van der Waals surface area contributed by atoms with Crippen LogP contribution >= 0.6 is 0 Å². The Morgan fingerprint density at radius 1 is 1.47 bits per heavy atom. The molecule has 0 atom stereocenters. The van der Waals surface area contributed by atoms with Gasteiger partial charge in [-0.05, 0) is 19.1 Å². The molecule has 5 nitrogen and oxygen atoms in total. The second-order valence-corrected chi connectivity index (χ2v) is 3.25. The fourth-order valence-corrected chi connectivity index (χ4v) is 1.48. The van der Waals surface area contributed by atoms with E-state index in [2.05, 4.69) is 4.98 Å². The van der Waals surface area contributed by atoms with Crippen LogP contribution in [-0.4, -0.2) is 15.7 Å². The highest BCUT2D eigenvalue weighted by atomic mass is 16.6. The number of hydrogen-bond acceptors (Lipinski definition) is 3. The van der Waals surface area contributed by atoms with Gasteiger partial charge in [-0.2, -0.15) is 0 Å². The fourth-order valence-electron chi connectivity index (χ4n) is 1.48. The summed E-state index contributed by atoms with van der Waals surface area (Å²) < 4.78 is 0. The Kier molecular flexibility index (Phi) is 2.00. The highest BCUT2D eigenvalue weighted by Gasteiger charge is 2.14. The Labute approximate surface area is 84.9 Å². The van der Waals surface area contributed by atoms with Crippen LogP contribution in [0.3, 0.4) is 0 Å². The Morgan fingerprint density at radius 3 is 2.80 bits per heavy atom. The van der Waals surface area contributed by atoms with Crippen molar-refractivity contribution in [1.82, 2.24) is 4.98 Å². The molecule has 2 rings (SSSR count). The number of nitrogens with zero attached hydrogens (tertiary/aromatic N) is 1. The van der Waals surface area contributed by atoms with Crippen LogP contribution in [0, 0.1) is 10.1 Å². The maximum atomic E-state index is 11.1. The average molecular weight is 204 g/mol. The van der Waals surface area contributed by atoms with E-state index < -0.39 is 4.92 Å². The van der Waals surface area contributed by atoms with Gasteiger partial charge in [0.2, 0.25) is 0 Å². The molecule has 76 valence electrons. The predicted octanol–water partition coefficient (Wildman–Crippen LogP) is 2.28. The second kappa shape index (κ2) is 3.20. The Bertz CT molecular complexity index is 557. The maximum absolute atomic E-state index is 11.1. The van der Waals surface area contributed by atoms with E-state index in [0.29, 0.717) is 16.5 Å². The van der Waals surface area contributed by atoms with E-state index in [9.17, 15) is 14.9 Å². The van der Waals surface area contributed by atoms with Crippen LogP contribution in [0.4, 0.5) is 5.69 Å². The molecule has 0 amide bonds. The van der Waals surface area contributed by atoms with Gasteiger partial charge in [0.25, 0.3) is 5.69 Å². The van der Waals surface area contributed by atoms with Gasteiger partial charge in [-0.3, -0.25) is 14.9 Å². The lowest BCUT2D eigenvalue weighted by Gasteiger charge is -1.94. The van der Waals surface area contributed by atoms with E-state index in [1.807, 2.05) is 0 Å². The lowest BCUT2D eigenvalue weighted by molar-refractivity contribution is -0.383. The summed E-state index contributed by atoms with van der Waals surface area (Å²) in [6.45, 7) is 1.46. The van der Waals surface area contributed by atoms with Crippen LogP contribution in [0.5, 0.6) is 0 Å². The van der Waals surface area contributed by atoms with E-state index in [1.165, 1.54) is 13.1 Å². The number of aromatic nitrogens is 1. The molecule has 0 bridgehead atoms. The van der Waals surface area contributed by atoms with E-state index >= 15 is 0 Å². The van der Waals surface area contributed by atoms with Gasteiger partial charge in [0, 0.05) is 5.56 Å². The number of Topliss-reactive ketones (excluding diaryl/α,β-unsaturated/α-hetero) is 1. The third kappa shape index (κ3) is 1.48. The van der Waals surface area contributed by atoms with Crippen LogP contribution in [0.2, 0.25) is 0 Å². The number of aromatic amines is 1. The topological polar surface area (TPSA) is 76.0 Å². The van der Waals surface area contributed by atoms with Gasteiger partial charge in [0.05, 0.1) is 22.0 Å². The number of nitrogens with one attached hydrogen (secondary N) is 1. The number of ketones is 1. The van der Waals surface area contributed by atoms with Crippen molar-refractivity contribution in [3.8, 4) is 0 Å². The van der Waals surface area contributed by atoms with Gasteiger partial charge in [0.15, 0.2) is 5.78 Å². The lowest BCUT2D eigenvalue weighted by Crippen LogP contribution is -1.91. The Balaban J connectivity index is 2.66. The monoisotopic (exact) mass is 204 g/mol. The first-order chi connectivity index (χ1) is 7.09. The predicted molar refractivity (Wildman–Crippen MR) is 55.0 cm³/mol. The van der Waals surface area contributed by atoms with Crippen LogP contribution in [0.15, 0.2) is 24.4 Å². The normalized spacial score (nSPS) is 10.5. The second-order valence-electron chi connectivity index (χ2n) is 3.25. The quantitative estimate of drug-likeness (QED) is 0.463. The zero-order chi connectivity index (χ0) is 11.0. The molecule has 0 saturated heterocycles. The van der Waals surface area contributed by atoms with E-state index in [-0.39, 0.29) is 11.5 Å². The fraction of sp³-hybridized carbons (Fsp3) is 0.100. The smallest absolute Gasteiger partial charge is 0.294 e. The average Bonchev–Trinajstić information content (AvgIpc) is 2.59. The van der Waals surface area contributed by atoms with Crippen LogP contribution in [0.25, 0.3) is 10.9 Å². The van der Waals surface area contributed by atoms with Crippen molar-refractivity contribution in [2.24, 2.45) is 0 Å². The zero-order valence-corrected chi connectivity index (χ0v) is 7.98. The van der Waals surface area contributed by atoms with Gasteiger partial charge in [0.1, 0.15) is 0 Å². The minimum atomic E-state index is -0.452. The number of fused-ring (bicyclic) bond motifs is 1. The highest BCUT2D eigenvalue weighted by Crippen LogP contribution is 2.25. The summed E-state index contributed by atoms with van der Waals surface area (Å²) in [7, 11) is 0. The molecule has 1 aromatic carbocycles. The maximum Gasteiger partial charge on any atom is 0.294 e. The number of nitro groups is 1. The summed E-state index contributed by atoms with van der Waals surface area (Å²) in [4.78, 5) is 24.0. The van der Waals surface area contributed by atoms with Crippen LogP contribution in [0.1, 0.15) is 17.3 Å². The number of hydrogen-bond donors (Lipinski definition) is 1. The summed E-state index contributed by atoms with van der Waals surface area (Å²) in [6, 6.07) is 4.79. The molecule has 0 saturated carbocycles. The molecule has 5 heteroatoms. The largest absolute Gasteiger partial charge is 0.355 e. The molecule has 15 heavy (non-hydrogen) atoms. The Hall–Kier alpha value is -2.17. The number of carbonyl (C=O) groups excluding carboxylic acids is 1. The standard InChI is InChI=1S/C10H8N2O3/c1-6(13)7-2-3-8-9(4-7)11-5-10(8)12(14)15/h2-5,11H,1H3. The molecular formula is C10H8N2O3. The van der Waals surface area contributed by atoms with Crippen LogP contribution in [-0.2, 0) is 0 Å². The summed E-state index contributed by atoms with van der Waals surface area (Å²) in [5.41, 5.74) is 1.17. The minimum Gasteiger partial charge on any atom is -0.355 e. The number of rotatable bonds is 2. The molecule has 2 aromatic rings. The van der Waals surface area contributed by atoms with E-state index in [4.69, 9.17) is 0 Å². The summed E-state index contributed by atoms with van der Waals surface area (Å²) in [6.07, 6.45) is 1.33. The van der Waals surface area contributed by atoms with Crippen molar-refractivity contribution in [2.45, 2.75) is 6.92 Å². The minimum absolute atomic E-state index is 0.0279.